The Hall–Kier alpha value is -2.10. The number of oxazole rings is 1. The summed E-state index contributed by atoms with van der Waals surface area (Å²) in [6.07, 6.45) is 7.54. The highest BCUT2D eigenvalue weighted by atomic mass is 16.3. The number of hydrogen-bond donors (Lipinski definition) is 1. The molecule has 0 saturated heterocycles. The largest absolute Gasteiger partial charge is 0.434 e. The Morgan fingerprint density at radius 1 is 1.38 bits per heavy atom. The Morgan fingerprint density at radius 3 is 3.12 bits per heavy atom. The summed E-state index contributed by atoms with van der Waals surface area (Å²) in [5, 5.41) is 0. The number of nitrogens with two attached hydrogens (primary N) is 1. The Balaban J connectivity index is 2.09. The molecule has 2 aromatic heterocycles. The van der Waals surface area contributed by atoms with E-state index in [-0.39, 0.29) is 0 Å². The number of fused-ring (bicyclic) bond motifs is 1. The lowest BCUT2D eigenvalue weighted by atomic mass is 10.0. The summed E-state index contributed by atoms with van der Waals surface area (Å²) in [5.74, 6) is 0.594. The van der Waals surface area contributed by atoms with E-state index in [1.54, 1.807) is 6.20 Å². The Morgan fingerprint density at radius 2 is 2.31 bits per heavy atom. The van der Waals surface area contributed by atoms with Crippen molar-refractivity contribution in [1.82, 2.24) is 9.97 Å². The van der Waals surface area contributed by atoms with Gasteiger partial charge in [-0.1, -0.05) is 6.08 Å². The molecule has 0 bridgehead atoms. The highest BCUT2D eigenvalue weighted by molar-refractivity contribution is 5.76. The molecule has 16 heavy (non-hydrogen) atoms. The van der Waals surface area contributed by atoms with Crippen molar-refractivity contribution >= 4 is 16.8 Å². The molecule has 0 amide bonds. The predicted octanol–water partition coefficient (Wildman–Crippen LogP) is 2.24. The first-order valence-electron chi connectivity index (χ1n) is 5.21. The minimum Gasteiger partial charge on any atom is -0.434 e. The summed E-state index contributed by atoms with van der Waals surface area (Å²) in [6.45, 7) is 0. The van der Waals surface area contributed by atoms with E-state index in [0.717, 1.165) is 24.1 Å². The van der Waals surface area contributed by atoms with Gasteiger partial charge < -0.3 is 10.2 Å². The van der Waals surface area contributed by atoms with Crippen LogP contribution >= 0.6 is 0 Å². The molecule has 0 spiro atoms. The van der Waals surface area contributed by atoms with Crippen molar-refractivity contribution in [2.45, 2.75) is 12.8 Å². The number of hydrogen-bond acceptors (Lipinski definition) is 4. The van der Waals surface area contributed by atoms with E-state index in [1.807, 2.05) is 18.2 Å². The molecule has 1 aliphatic rings. The van der Waals surface area contributed by atoms with Crippen LogP contribution in [-0.2, 0) is 0 Å². The van der Waals surface area contributed by atoms with Crippen molar-refractivity contribution in [3.05, 3.63) is 42.1 Å². The number of nitrogens with zero attached hydrogens (tertiary/aromatic N) is 2. The lowest BCUT2D eigenvalue weighted by Gasteiger charge is -2.06. The van der Waals surface area contributed by atoms with Gasteiger partial charge in [0, 0.05) is 17.5 Å². The summed E-state index contributed by atoms with van der Waals surface area (Å²) in [5.41, 5.74) is 8.95. The van der Waals surface area contributed by atoms with Crippen molar-refractivity contribution in [2.75, 3.05) is 0 Å². The van der Waals surface area contributed by atoms with Gasteiger partial charge in [-0.2, -0.15) is 4.98 Å². The second kappa shape index (κ2) is 3.48. The fourth-order valence-corrected chi connectivity index (χ4v) is 1.77. The average Bonchev–Trinajstić information content (AvgIpc) is 2.72. The van der Waals surface area contributed by atoms with Crippen LogP contribution < -0.4 is 5.73 Å². The molecule has 0 aliphatic heterocycles. The van der Waals surface area contributed by atoms with Crippen molar-refractivity contribution in [1.29, 1.82) is 0 Å². The van der Waals surface area contributed by atoms with Crippen LogP contribution in [-0.4, -0.2) is 9.97 Å². The van der Waals surface area contributed by atoms with Crippen molar-refractivity contribution < 1.29 is 4.42 Å². The van der Waals surface area contributed by atoms with E-state index in [4.69, 9.17) is 10.2 Å². The summed E-state index contributed by atoms with van der Waals surface area (Å²) in [6, 6.07) is 3.69. The lowest BCUT2D eigenvalue weighted by molar-refractivity contribution is 0.584. The van der Waals surface area contributed by atoms with Crippen LogP contribution in [0.3, 0.4) is 0 Å². The molecular formula is C12H11N3O. The molecule has 0 radical (unpaired) electrons. The fraction of sp³-hybridized carbons (Fsp3) is 0.167. The second-order valence-electron chi connectivity index (χ2n) is 3.76. The van der Waals surface area contributed by atoms with Crippen LogP contribution in [0, 0.1) is 0 Å². The normalized spacial score (nSPS) is 16.0. The van der Waals surface area contributed by atoms with Gasteiger partial charge in [0.2, 0.25) is 5.89 Å². The summed E-state index contributed by atoms with van der Waals surface area (Å²) in [7, 11) is 0. The van der Waals surface area contributed by atoms with E-state index in [2.05, 4.69) is 16.0 Å². The molecule has 0 fully saturated rings. The minimum absolute atomic E-state index is 0.594. The monoisotopic (exact) mass is 213 g/mol. The molecule has 4 heteroatoms. The highest BCUT2D eigenvalue weighted by Gasteiger charge is 2.12. The molecule has 0 unspecified atom stereocenters. The van der Waals surface area contributed by atoms with Crippen LogP contribution in [0.1, 0.15) is 18.7 Å². The van der Waals surface area contributed by atoms with Crippen LogP contribution in [0.15, 0.2) is 40.6 Å². The molecule has 2 heterocycles. The molecular weight excluding hydrogens is 202 g/mol. The van der Waals surface area contributed by atoms with Gasteiger partial charge in [0.05, 0.1) is 0 Å². The first-order chi connectivity index (χ1) is 7.83. The molecule has 2 aromatic rings. The van der Waals surface area contributed by atoms with E-state index in [0.29, 0.717) is 17.1 Å². The summed E-state index contributed by atoms with van der Waals surface area (Å²) < 4.78 is 5.61. The minimum atomic E-state index is 0.594. The van der Waals surface area contributed by atoms with Gasteiger partial charge in [0.15, 0.2) is 11.2 Å². The zero-order valence-corrected chi connectivity index (χ0v) is 8.68. The Bertz CT molecular complexity index is 562. The number of allylic oxidation sites excluding steroid dienone is 4. The Kier molecular flexibility index (Phi) is 1.99. The molecule has 80 valence electrons. The number of aromatic nitrogens is 2. The molecule has 3 rings (SSSR count). The highest BCUT2D eigenvalue weighted by Crippen LogP contribution is 2.25. The first kappa shape index (κ1) is 9.15. The number of pyridine rings is 1. The second-order valence-corrected chi connectivity index (χ2v) is 3.76. The lowest BCUT2D eigenvalue weighted by Crippen LogP contribution is -2.01. The van der Waals surface area contributed by atoms with Gasteiger partial charge >= 0.3 is 0 Å². The molecule has 0 saturated carbocycles. The maximum absolute atomic E-state index is 5.79. The third-order valence-corrected chi connectivity index (χ3v) is 2.55. The molecule has 0 atom stereocenters. The van der Waals surface area contributed by atoms with Gasteiger partial charge in [0.1, 0.15) is 0 Å². The van der Waals surface area contributed by atoms with Crippen molar-refractivity contribution in [2.24, 2.45) is 5.73 Å². The summed E-state index contributed by atoms with van der Waals surface area (Å²) in [4.78, 5) is 8.46. The first-order valence-corrected chi connectivity index (χ1v) is 5.21. The molecule has 4 nitrogen and oxygen atoms in total. The zero-order chi connectivity index (χ0) is 11.0. The maximum Gasteiger partial charge on any atom is 0.228 e. The quantitative estimate of drug-likeness (QED) is 0.789. The smallest absolute Gasteiger partial charge is 0.228 e. The summed E-state index contributed by atoms with van der Waals surface area (Å²) >= 11 is 0. The molecule has 0 aromatic carbocycles. The molecule has 2 N–H and O–H groups in total. The zero-order valence-electron chi connectivity index (χ0n) is 8.68. The topological polar surface area (TPSA) is 64.9 Å². The van der Waals surface area contributed by atoms with Crippen LogP contribution in [0.4, 0.5) is 0 Å². The maximum atomic E-state index is 5.79. The van der Waals surface area contributed by atoms with E-state index < -0.39 is 0 Å². The van der Waals surface area contributed by atoms with Crippen molar-refractivity contribution in [3.63, 3.8) is 0 Å². The Labute approximate surface area is 92.5 Å². The predicted molar refractivity (Wildman–Crippen MR) is 61.3 cm³/mol. The fourth-order valence-electron chi connectivity index (χ4n) is 1.77. The van der Waals surface area contributed by atoms with E-state index >= 15 is 0 Å². The van der Waals surface area contributed by atoms with Gasteiger partial charge in [0.25, 0.3) is 0 Å². The van der Waals surface area contributed by atoms with Gasteiger partial charge in [-0.25, -0.2) is 4.98 Å². The third kappa shape index (κ3) is 1.48. The van der Waals surface area contributed by atoms with Gasteiger partial charge in [-0.15, -0.1) is 0 Å². The van der Waals surface area contributed by atoms with E-state index in [1.165, 1.54) is 0 Å². The molecule has 1 aliphatic carbocycles. The standard InChI is InChI=1S/C12H11N3O/c13-9-4-1-3-8(7-9)12-15-11-10(16-12)5-2-6-14-11/h2-3,5-7H,1,4,13H2. The van der Waals surface area contributed by atoms with Crippen LogP contribution in [0.2, 0.25) is 0 Å². The third-order valence-electron chi connectivity index (χ3n) is 2.55. The van der Waals surface area contributed by atoms with Crippen molar-refractivity contribution in [3.8, 4) is 0 Å². The van der Waals surface area contributed by atoms with Gasteiger partial charge in [-0.05, 0) is 31.1 Å². The van der Waals surface area contributed by atoms with Crippen LogP contribution in [0.5, 0.6) is 0 Å². The number of rotatable bonds is 1. The van der Waals surface area contributed by atoms with E-state index in [9.17, 15) is 0 Å². The SMILES string of the molecule is NC1=CC(c2nc3ncccc3o2)=CCC1. The average molecular weight is 213 g/mol. The van der Waals surface area contributed by atoms with Crippen LogP contribution in [0.25, 0.3) is 16.8 Å². The van der Waals surface area contributed by atoms with Gasteiger partial charge in [-0.3, -0.25) is 0 Å².